The van der Waals surface area contributed by atoms with E-state index in [4.69, 9.17) is 4.74 Å². The standard InChI is InChI=1S/C23H28O3/c1-23(2)19-11-10-17(24)14-18(19)22-20(25)12-16(13-21(22)26-23)9-8-15-6-4-3-5-7-15/h3-7,12-13,17-19,24-25H,8-11,14H2,1-2H3. The highest BCUT2D eigenvalue weighted by Gasteiger charge is 2.47. The third-order valence-electron chi connectivity index (χ3n) is 6.18. The SMILES string of the molecule is CC1(C)Oc2cc(CCc3ccccc3)cc(O)c2C2CC(O)CCC21. The van der Waals surface area contributed by atoms with E-state index < -0.39 is 0 Å². The monoisotopic (exact) mass is 352 g/mol. The molecule has 1 aliphatic heterocycles. The van der Waals surface area contributed by atoms with Crippen LogP contribution >= 0.6 is 0 Å². The molecule has 2 N–H and O–H groups in total. The lowest BCUT2D eigenvalue weighted by molar-refractivity contribution is -0.0317. The molecule has 3 nitrogen and oxygen atoms in total. The van der Waals surface area contributed by atoms with E-state index in [0.717, 1.165) is 42.6 Å². The van der Waals surface area contributed by atoms with Crippen LogP contribution in [0.25, 0.3) is 0 Å². The zero-order valence-electron chi connectivity index (χ0n) is 15.6. The Morgan fingerprint density at radius 3 is 2.54 bits per heavy atom. The lowest BCUT2D eigenvalue weighted by Crippen LogP contribution is -2.47. The highest BCUT2D eigenvalue weighted by molar-refractivity contribution is 5.52. The molecule has 0 amide bonds. The lowest BCUT2D eigenvalue weighted by atomic mass is 9.66. The number of benzene rings is 2. The summed E-state index contributed by atoms with van der Waals surface area (Å²) in [6.45, 7) is 4.28. The Morgan fingerprint density at radius 1 is 1.04 bits per heavy atom. The fourth-order valence-corrected chi connectivity index (χ4v) is 4.86. The van der Waals surface area contributed by atoms with E-state index in [1.807, 2.05) is 12.1 Å². The summed E-state index contributed by atoms with van der Waals surface area (Å²) in [6, 6.07) is 14.4. The van der Waals surface area contributed by atoms with Gasteiger partial charge >= 0.3 is 0 Å². The molecule has 138 valence electrons. The average molecular weight is 352 g/mol. The quantitative estimate of drug-likeness (QED) is 0.849. The third-order valence-corrected chi connectivity index (χ3v) is 6.18. The predicted octanol–water partition coefficient (Wildman–Crippen LogP) is 4.59. The number of phenolic OH excluding ortho intramolecular Hbond substituents is 1. The average Bonchev–Trinajstić information content (AvgIpc) is 2.59. The zero-order chi connectivity index (χ0) is 18.3. The number of rotatable bonds is 3. The van der Waals surface area contributed by atoms with Crippen molar-refractivity contribution in [1.29, 1.82) is 0 Å². The zero-order valence-corrected chi connectivity index (χ0v) is 15.6. The number of phenols is 1. The summed E-state index contributed by atoms with van der Waals surface area (Å²) in [5.41, 5.74) is 3.01. The Labute approximate surface area is 155 Å². The molecule has 4 rings (SSSR count). The highest BCUT2D eigenvalue weighted by Crippen LogP contribution is 2.54. The van der Waals surface area contributed by atoms with Crippen molar-refractivity contribution in [3.8, 4) is 11.5 Å². The van der Waals surface area contributed by atoms with Gasteiger partial charge in [0, 0.05) is 17.4 Å². The van der Waals surface area contributed by atoms with Gasteiger partial charge in [-0.05, 0) is 69.2 Å². The number of hydrogen-bond acceptors (Lipinski definition) is 3. The molecule has 0 radical (unpaired) electrons. The van der Waals surface area contributed by atoms with E-state index in [9.17, 15) is 10.2 Å². The second-order valence-corrected chi connectivity index (χ2v) is 8.40. The van der Waals surface area contributed by atoms with Crippen LogP contribution in [0.15, 0.2) is 42.5 Å². The Hall–Kier alpha value is -2.00. The maximum Gasteiger partial charge on any atom is 0.127 e. The van der Waals surface area contributed by atoms with Crippen LogP contribution in [0.1, 0.15) is 55.7 Å². The number of ether oxygens (including phenoxy) is 1. The fourth-order valence-electron chi connectivity index (χ4n) is 4.86. The van der Waals surface area contributed by atoms with E-state index in [1.165, 1.54) is 5.56 Å². The van der Waals surface area contributed by atoms with Crippen molar-refractivity contribution in [1.82, 2.24) is 0 Å². The number of aliphatic hydroxyl groups excluding tert-OH is 1. The van der Waals surface area contributed by atoms with Gasteiger partial charge in [-0.2, -0.15) is 0 Å². The fraction of sp³-hybridized carbons (Fsp3) is 0.478. The van der Waals surface area contributed by atoms with Crippen molar-refractivity contribution in [2.24, 2.45) is 5.92 Å². The van der Waals surface area contributed by atoms with Crippen LogP contribution in [-0.2, 0) is 12.8 Å². The molecule has 1 fully saturated rings. The van der Waals surface area contributed by atoms with Crippen molar-refractivity contribution in [2.75, 3.05) is 0 Å². The van der Waals surface area contributed by atoms with Crippen LogP contribution in [-0.4, -0.2) is 21.9 Å². The van der Waals surface area contributed by atoms with Gasteiger partial charge in [0.25, 0.3) is 0 Å². The van der Waals surface area contributed by atoms with E-state index in [1.54, 1.807) is 0 Å². The Morgan fingerprint density at radius 2 is 1.77 bits per heavy atom. The normalized spacial score (nSPS) is 26.5. The first kappa shape index (κ1) is 17.4. The molecule has 3 atom stereocenters. The Kier molecular flexibility index (Phi) is 4.44. The van der Waals surface area contributed by atoms with Gasteiger partial charge < -0.3 is 14.9 Å². The highest BCUT2D eigenvalue weighted by atomic mass is 16.5. The molecule has 3 heteroatoms. The van der Waals surface area contributed by atoms with E-state index in [0.29, 0.717) is 18.1 Å². The summed E-state index contributed by atoms with van der Waals surface area (Å²) in [4.78, 5) is 0. The number of aromatic hydroxyl groups is 1. The van der Waals surface area contributed by atoms with Crippen molar-refractivity contribution in [3.05, 3.63) is 59.2 Å². The third kappa shape index (κ3) is 3.21. The number of aliphatic hydroxyl groups is 1. The largest absolute Gasteiger partial charge is 0.508 e. The van der Waals surface area contributed by atoms with Crippen LogP contribution in [0.5, 0.6) is 11.5 Å². The van der Waals surface area contributed by atoms with Crippen LogP contribution in [0.4, 0.5) is 0 Å². The molecule has 1 aliphatic carbocycles. The molecular weight excluding hydrogens is 324 g/mol. The number of aryl methyl sites for hydroxylation is 2. The molecule has 2 aromatic carbocycles. The van der Waals surface area contributed by atoms with E-state index in [2.05, 4.69) is 44.2 Å². The second kappa shape index (κ2) is 6.62. The summed E-state index contributed by atoms with van der Waals surface area (Å²) < 4.78 is 6.36. The first-order valence-corrected chi connectivity index (χ1v) is 9.71. The van der Waals surface area contributed by atoms with Crippen LogP contribution in [0.3, 0.4) is 0 Å². The van der Waals surface area contributed by atoms with Crippen molar-refractivity contribution in [3.63, 3.8) is 0 Å². The second-order valence-electron chi connectivity index (χ2n) is 8.40. The number of hydrogen-bond donors (Lipinski definition) is 2. The summed E-state index contributed by atoms with van der Waals surface area (Å²) in [6.07, 6.45) is 3.99. The van der Waals surface area contributed by atoms with Crippen molar-refractivity contribution >= 4 is 0 Å². The molecular formula is C23H28O3. The smallest absolute Gasteiger partial charge is 0.127 e. The summed E-state index contributed by atoms with van der Waals surface area (Å²) in [5.74, 6) is 1.62. The van der Waals surface area contributed by atoms with Crippen LogP contribution in [0, 0.1) is 5.92 Å². The van der Waals surface area contributed by atoms with Crippen LogP contribution < -0.4 is 4.74 Å². The minimum absolute atomic E-state index is 0.167. The maximum absolute atomic E-state index is 10.8. The van der Waals surface area contributed by atoms with Crippen LogP contribution in [0.2, 0.25) is 0 Å². The molecule has 0 bridgehead atoms. The summed E-state index contributed by atoms with van der Waals surface area (Å²) in [5, 5.41) is 20.9. The summed E-state index contributed by atoms with van der Waals surface area (Å²) >= 11 is 0. The van der Waals surface area contributed by atoms with Crippen molar-refractivity contribution < 1.29 is 14.9 Å². The molecule has 1 heterocycles. The van der Waals surface area contributed by atoms with Gasteiger partial charge in [-0.1, -0.05) is 30.3 Å². The number of fused-ring (bicyclic) bond motifs is 3. The minimum Gasteiger partial charge on any atom is -0.508 e. The van der Waals surface area contributed by atoms with Gasteiger partial charge in [0.1, 0.15) is 17.1 Å². The maximum atomic E-state index is 10.8. The van der Waals surface area contributed by atoms with E-state index in [-0.39, 0.29) is 17.6 Å². The van der Waals surface area contributed by atoms with Crippen molar-refractivity contribution in [2.45, 2.75) is 63.6 Å². The first-order chi connectivity index (χ1) is 12.4. The minimum atomic E-state index is -0.282. The molecule has 2 aliphatic rings. The lowest BCUT2D eigenvalue weighted by Gasteiger charge is -2.48. The van der Waals surface area contributed by atoms with E-state index >= 15 is 0 Å². The van der Waals surface area contributed by atoms with Gasteiger partial charge in [-0.25, -0.2) is 0 Å². The van der Waals surface area contributed by atoms with Gasteiger partial charge in [0.2, 0.25) is 0 Å². The van der Waals surface area contributed by atoms with Gasteiger partial charge in [-0.15, -0.1) is 0 Å². The molecule has 3 unspecified atom stereocenters. The Bertz CT molecular complexity index is 782. The van der Waals surface area contributed by atoms with Gasteiger partial charge in [0.05, 0.1) is 6.10 Å². The molecule has 26 heavy (non-hydrogen) atoms. The first-order valence-electron chi connectivity index (χ1n) is 9.71. The topological polar surface area (TPSA) is 49.7 Å². The molecule has 0 saturated heterocycles. The Balaban J connectivity index is 1.63. The molecule has 0 spiro atoms. The molecule has 0 aromatic heterocycles. The van der Waals surface area contributed by atoms with Gasteiger partial charge in [-0.3, -0.25) is 0 Å². The summed E-state index contributed by atoms with van der Waals surface area (Å²) in [7, 11) is 0. The molecule has 1 saturated carbocycles. The predicted molar refractivity (Wildman–Crippen MR) is 103 cm³/mol. The molecule has 2 aromatic rings. The van der Waals surface area contributed by atoms with Gasteiger partial charge in [0.15, 0.2) is 0 Å².